The van der Waals surface area contributed by atoms with Gasteiger partial charge < -0.3 is 14.2 Å². The Morgan fingerprint density at radius 3 is 2.51 bits per heavy atom. The first kappa shape index (κ1) is 24.8. The quantitative estimate of drug-likeness (QED) is 0.325. The SMILES string of the molecule is CN1CCN(c2cc3c(cc2F)n(Cc2ccc(-c4nnc(C(F)F)o4)cn2)c(=O)n3-c2cccnc2)CC1. The molecule has 0 N–H and O–H groups in total. The molecular formula is C26H23F3N8O2. The first-order valence-electron chi connectivity index (χ1n) is 12.2. The van der Waals surface area contributed by atoms with Crippen molar-refractivity contribution in [2.75, 3.05) is 38.1 Å². The fourth-order valence-corrected chi connectivity index (χ4v) is 4.69. The minimum Gasteiger partial charge on any atom is -0.415 e. The third kappa shape index (κ3) is 4.65. The summed E-state index contributed by atoms with van der Waals surface area (Å²) >= 11 is 0. The van der Waals surface area contributed by atoms with E-state index in [0.29, 0.717) is 46.8 Å². The van der Waals surface area contributed by atoms with Crippen LogP contribution in [0.2, 0.25) is 0 Å². The van der Waals surface area contributed by atoms with E-state index in [2.05, 4.69) is 25.1 Å². The molecule has 5 aromatic rings. The highest BCUT2D eigenvalue weighted by Crippen LogP contribution is 2.29. The lowest BCUT2D eigenvalue weighted by Gasteiger charge is -2.34. The van der Waals surface area contributed by atoms with Gasteiger partial charge in [0.15, 0.2) is 0 Å². The normalized spacial score (nSPS) is 14.5. The number of rotatable bonds is 6. The molecule has 1 saturated heterocycles. The number of fused-ring (bicyclic) bond motifs is 1. The van der Waals surface area contributed by atoms with E-state index in [1.807, 2.05) is 11.9 Å². The predicted octanol–water partition coefficient (Wildman–Crippen LogP) is 3.51. The second kappa shape index (κ2) is 9.98. The maximum absolute atomic E-state index is 15.5. The van der Waals surface area contributed by atoms with Crippen LogP contribution in [-0.4, -0.2) is 67.4 Å². The minimum absolute atomic E-state index is 0.0439. The molecule has 0 unspecified atom stereocenters. The van der Waals surface area contributed by atoms with Crippen molar-refractivity contribution in [1.82, 2.24) is 34.2 Å². The van der Waals surface area contributed by atoms with Crippen LogP contribution in [0.25, 0.3) is 28.2 Å². The summed E-state index contributed by atoms with van der Waals surface area (Å²) < 4.78 is 49.0. The minimum atomic E-state index is -2.88. The van der Waals surface area contributed by atoms with Crippen molar-refractivity contribution >= 4 is 16.7 Å². The number of anilines is 1. The number of aromatic nitrogens is 6. The Labute approximate surface area is 220 Å². The molecule has 0 spiro atoms. The third-order valence-corrected chi connectivity index (χ3v) is 6.77. The molecule has 1 aromatic carbocycles. The van der Waals surface area contributed by atoms with Crippen LogP contribution in [0.1, 0.15) is 18.0 Å². The number of alkyl halides is 2. The molecule has 5 heterocycles. The van der Waals surface area contributed by atoms with Crippen LogP contribution in [0.15, 0.2) is 64.2 Å². The Morgan fingerprint density at radius 2 is 1.85 bits per heavy atom. The predicted molar refractivity (Wildman–Crippen MR) is 137 cm³/mol. The molecule has 0 radical (unpaired) electrons. The summed E-state index contributed by atoms with van der Waals surface area (Å²) in [5.41, 5.74) is 2.41. The van der Waals surface area contributed by atoms with E-state index >= 15 is 4.39 Å². The summed E-state index contributed by atoms with van der Waals surface area (Å²) in [5.74, 6) is -1.28. The van der Waals surface area contributed by atoms with Crippen molar-refractivity contribution in [3.8, 4) is 17.1 Å². The summed E-state index contributed by atoms with van der Waals surface area (Å²) in [4.78, 5) is 26.4. The van der Waals surface area contributed by atoms with Gasteiger partial charge in [-0.1, -0.05) is 0 Å². The molecule has 6 rings (SSSR count). The van der Waals surface area contributed by atoms with Crippen molar-refractivity contribution in [2.45, 2.75) is 13.0 Å². The van der Waals surface area contributed by atoms with Crippen LogP contribution in [0.5, 0.6) is 0 Å². The number of nitrogens with zero attached hydrogens (tertiary/aromatic N) is 8. The molecule has 1 fully saturated rings. The van der Waals surface area contributed by atoms with Gasteiger partial charge in [-0.05, 0) is 37.4 Å². The largest absolute Gasteiger partial charge is 0.415 e. The van der Waals surface area contributed by atoms with E-state index < -0.39 is 18.1 Å². The Morgan fingerprint density at radius 1 is 1.03 bits per heavy atom. The molecular weight excluding hydrogens is 513 g/mol. The first-order valence-corrected chi connectivity index (χ1v) is 12.2. The molecule has 200 valence electrons. The van der Waals surface area contributed by atoms with E-state index in [0.717, 1.165) is 13.1 Å². The van der Waals surface area contributed by atoms with Gasteiger partial charge in [0, 0.05) is 44.6 Å². The zero-order valence-corrected chi connectivity index (χ0v) is 20.8. The van der Waals surface area contributed by atoms with Crippen LogP contribution >= 0.6 is 0 Å². The number of pyridine rings is 2. The van der Waals surface area contributed by atoms with Crippen molar-refractivity contribution in [1.29, 1.82) is 0 Å². The van der Waals surface area contributed by atoms with E-state index in [1.165, 1.54) is 21.4 Å². The Bertz CT molecular complexity index is 1670. The second-order valence-corrected chi connectivity index (χ2v) is 9.28. The van der Waals surface area contributed by atoms with Crippen molar-refractivity contribution in [3.05, 3.63) is 82.9 Å². The molecule has 0 bridgehead atoms. The van der Waals surface area contributed by atoms with Crippen LogP contribution < -0.4 is 10.6 Å². The lowest BCUT2D eigenvalue weighted by molar-refractivity contribution is 0.116. The van der Waals surface area contributed by atoms with Gasteiger partial charge in [-0.2, -0.15) is 8.78 Å². The molecule has 1 aliphatic heterocycles. The van der Waals surface area contributed by atoms with Crippen LogP contribution in [0.4, 0.5) is 18.9 Å². The fraction of sp³-hybridized carbons (Fsp3) is 0.269. The number of hydrogen-bond donors (Lipinski definition) is 0. The van der Waals surface area contributed by atoms with E-state index in [4.69, 9.17) is 4.42 Å². The summed E-state index contributed by atoms with van der Waals surface area (Å²) in [6.45, 7) is 3.01. The average molecular weight is 537 g/mol. The van der Waals surface area contributed by atoms with Gasteiger partial charge in [-0.25, -0.2) is 9.18 Å². The van der Waals surface area contributed by atoms with Gasteiger partial charge in [0.25, 0.3) is 5.89 Å². The Balaban J connectivity index is 1.40. The second-order valence-electron chi connectivity index (χ2n) is 9.28. The van der Waals surface area contributed by atoms with Crippen molar-refractivity contribution < 1.29 is 17.6 Å². The standard InChI is InChI=1S/C26H23F3N8O2/c1-34-7-9-35(10-8-34)20-12-22-21(11-19(20)27)36(26(38)37(22)18-3-2-6-30-14-18)15-17-5-4-16(13-31-17)24-32-33-25(39-24)23(28)29/h2-6,11-14,23H,7-10,15H2,1H3. The highest BCUT2D eigenvalue weighted by molar-refractivity contribution is 5.83. The molecule has 1 aliphatic rings. The lowest BCUT2D eigenvalue weighted by atomic mass is 10.2. The molecule has 0 amide bonds. The molecule has 10 nitrogen and oxygen atoms in total. The number of halogens is 3. The number of hydrogen-bond acceptors (Lipinski definition) is 8. The maximum atomic E-state index is 15.5. The Kier molecular flexibility index (Phi) is 6.35. The van der Waals surface area contributed by atoms with Gasteiger partial charge >= 0.3 is 12.1 Å². The van der Waals surface area contributed by atoms with Crippen molar-refractivity contribution in [3.63, 3.8) is 0 Å². The number of likely N-dealkylation sites (N-methyl/N-ethyl adjacent to an activating group) is 1. The Hall–Kier alpha value is -4.52. The molecule has 0 atom stereocenters. The zero-order chi connectivity index (χ0) is 27.1. The van der Waals surface area contributed by atoms with Gasteiger partial charge in [0.1, 0.15) is 5.82 Å². The monoisotopic (exact) mass is 536 g/mol. The molecule has 4 aromatic heterocycles. The smallest absolute Gasteiger partial charge is 0.334 e. The van der Waals surface area contributed by atoms with Crippen molar-refractivity contribution in [2.24, 2.45) is 0 Å². The zero-order valence-electron chi connectivity index (χ0n) is 20.8. The average Bonchev–Trinajstić information content (AvgIpc) is 3.54. The highest BCUT2D eigenvalue weighted by Gasteiger charge is 2.23. The van der Waals surface area contributed by atoms with Crippen LogP contribution in [-0.2, 0) is 6.54 Å². The van der Waals surface area contributed by atoms with Gasteiger partial charge in [0.05, 0.1) is 46.4 Å². The summed E-state index contributed by atoms with van der Waals surface area (Å²) in [7, 11) is 2.03. The number of imidazole rings is 1. The molecule has 13 heteroatoms. The van der Waals surface area contributed by atoms with Gasteiger partial charge in [-0.15, -0.1) is 10.2 Å². The molecule has 0 saturated carbocycles. The number of piperazine rings is 1. The summed E-state index contributed by atoms with van der Waals surface area (Å²) in [5, 5.41) is 6.95. The van der Waals surface area contributed by atoms with Crippen LogP contribution in [0.3, 0.4) is 0 Å². The number of benzene rings is 1. The van der Waals surface area contributed by atoms with E-state index in [-0.39, 0.29) is 18.1 Å². The van der Waals surface area contributed by atoms with E-state index in [9.17, 15) is 13.6 Å². The fourth-order valence-electron chi connectivity index (χ4n) is 4.69. The molecule has 39 heavy (non-hydrogen) atoms. The topological polar surface area (TPSA) is 98.1 Å². The highest BCUT2D eigenvalue weighted by atomic mass is 19.3. The lowest BCUT2D eigenvalue weighted by Crippen LogP contribution is -2.44. The third-order valence-electron chi connectivity index (χ3n) is 6.77. The van der Waals surface area contributed by atoms with Crippen LogP contribution in [0, 0.1) is 5.82 Å². The van der Waals surface area contributed by atoms with Gasteiger partial charge in [0.2, 0.25) is 5.89 Å². The first-order chi connectivity index (χ1) is 18.9. The summed E-state index contributed by atoms with van der Waals surface area (Å²) in [6.07, 6.45) is 1.71. The summed E-state index contributed by atoms with van der Waals surface area (Å²) in [6, 6.07) is 9.80. The maximum Gasteiger partial charge on any atom is 0.334 e. The molecule has 0 aliphatic carbocycles. The van der Waals surface area contributed by atoms with Gasteiger partial charge in [-0.3, -0.25) is 19.1 Å². The van der Waals surface area contributed by atoms with E-state index in [1.54, 1.807) is 42.7 Å².